The van der Waals surface area contributed by atoms with Gasteiger partial charge < -0.3 is 19.3 Å². The molecule has 0 aromatic rings. The van der Waals surface area contributed by atoms with Crippen molar-refractivity contribution in [2.75, 3.05) is 33.5 Å². The highest BCUT2D eigenvalue weighted by atomic mass is 16.5. The van der Waals surface area contributed by atoms with Gasteiger partial charge in [-0.25, -0.2) is 9.59 Å². The fourth-order valence-corrected chi connectivity index (χ4v) is 3.84. The van der Waals surface area contributed by atoms with Crippen LogP contribution in [0.1, 0.15) is 38.5 Å². The second-order valence-corrected chi connectivity index (χ2v) is 7.77. The maximum atomic E-state index is 12.0. The highest BCUT2D eigenvalue weighted by Gasteiger charge is 2.36. The van der Waals surface area contributed by atoms with Crippen LogP contribution in [0.2, 0.25) is 0 Å². The topological polar surface area (TPSA) is 82.1 Å². The maximum absolute atomic E-state index is 12.0. The van der Waals surface area contributed by atoms with E-state index in [4.69, 9.17) is 19.3 Å². The summed E-state index contributed by atoms with van der Waals surface area (Å²) in [6.45, 7) is 7.17. The van der Waals surface area contributed by atoms with Crippen molar-refractivity contribution >= 4 is 11.9 Å². The number of hydrogen-bond donors (Lipinski definition) is 1. The number of carbonyl (C=O) groups is 2. The zero-order chi connectivity index (χ0) is 19.8. The summed E-state index contributed by atoms with van der Waals surface area (Å²) < 4.78 is 15.6. The van der Waals surface area contributed by atoms with Crippen molar-refractivity contribution in [3.63, 3.8) is 0 Å². The van der Waals surface area contributed by atoms with E-state index in [0.717, 1.165) is 24.7 Å². The Morgan fingerprint density at radius 3 is 1.85 bits per heavy atom. The molecule has 2 fully saturated rings. The summed E-state index contributed by atoms with van der Waals surface area (Å²) in [5.41, 5.74) is 0.288. The Bertz CT molecular complexity index is 543. The predicted octanol–water partition coefficient (Wildman–Crippen LogP) is 2.66. The number of rotatable bonds is 11. The number of hydrogen-bond acceptors (Lipinski definition) is 6. The van der Waals surface area contributed by atoms with Crippen molar-refractivity contribution < 1.29 is 28.9 Å². The first-order valence-electron chi connectivity index (χ1n) is 9.75. The largest absolute Gasteiger partial charge is 0.462 e. The molecule has 0 bridgehead atoms. The van der Waals surface area contributed by atoms with Crippen LogP contribution < -0.4 is 0 Å². The van der Waals surface area contributed by atoms with E-state index in [-0.39, 0.29) is 36.9 Å². The molecule has 27 heavy (non-hydrogen) atoms. The quantitative estimate of drug-likeness (QED) is 0.438. The lowest BCUT2D eigenvalue weighted by Crippen LogP contribution is -2.31. The van der Waals surface area contributed by atoms with Gasteiger partial charge in [-0.3, -0.25) is 0 Å². The molecule has 0 aromatic heterocycles. The third-order valence-electron chi connectivity index (χ3n) is 5.72. The number of ether oxygens (including phenoxy) is 3. The molecule has 0 heterocycles. The van der Waals surface area contributed by atoms with E-state index in [0.29, 0.717) is 5.92 Å². The molecule has 2 saturated carbocycles. The third kappa shape index (κ3) is 6.78. The molecule has 1 unspecified atom stereocenters. The molecule has 6 nitrogen and oxygen atoms in total. The van der Waals surface area contributed by atoms with Crippen molar-refractivity contribution in [1.29, 1.82) is 0 Å². The Hall–Kier alpha value is -1.66. The van der Waals surface area contributed by atoms with E-state index < -0.39 is 18.5 Å². The lowest BCUT2D eigenvalue weighted by Gasteiger charge is -2.33. The number of esters is 2. The van der Waals surface area contributed by atoms with E-state index in [2.05, 4.69) is 13.2 Å². The molecular formula is C21H32O6. The summed E-state index contributed by atoms with van der Waals surface area (Å²) in [6, 6.07) is 0. The second kappa shape index (κ2) is 10.6. The minimum atomic E-state index is -0.607. The highest BCUT2D eigenvalue weighted by Crippen LogP contribution is 2.46. The maximum Gasteiger partial charge on any atom is 0.335 e. The van der Waals surface area contributed by atoms with Crippen LogP contribution >= 0.6 is 0 Å². The number of aliphatic hydroxyl groups is 1. The summed E-state index contributed by atoms with van der Waals surface area (Å²) in [7, 11) is 1.49. The van der Waals surface area contributed by atoms with Gasteiger partial charge in [0, 0.05) is 13.0 Å². The number of methoxy groups -OCH3 is 1. The molecule has 6 heteroatoms. The Morgan fingerprint density at radius 1 is 0.926 bits per heavy atom. The van der Waals surface area contributed by atoms with Crippen LogP contribution in [-0.4, -0.2) is 50.6 Å². The second-order valence-electron chi connectivity index (χ2n) is 7.77. The first kappa shape index (κ1) is 21.6. The molecule has 2 aliphatic rings. The van der Waals surface area contributed by atoms with Gasteiger partial charge >= 0.3 is 11.9 Å². The van der Waals surface area contributed by atoms with Gasteiger partial charge in [0.25, 0.3) is 0 Å². The van der Waals surface area contributed by atoms with E-state index in [1.807, 2.05) is 0 Å². The average molecular weight is 380 g/mol. The molecular weight excluding hydrogens is 348 g/mol. The SMILES string of the molecule is C=C(CO)C(=O)OCC(COC(=O)C(=C)COC)C1CCC(C2CC2)CC1. The zero-order valence-corrected chi connectivity index (χ0v) is 16.3. The van der Waals surface area contributed by atoms with E-state index in [1.165, 1.54) is 32.8 Å². The van der Waals surface area contributed by atoms with Crippen LogP contribution in [0.3, 0.4) is 0 Å². The molecule has 2 aliphatic carbocycles. The Balaban J connectivity index is 1.88. The van der Waals surface area contributed by atoms with E-state index in [1.54, 1.807) is 0 Å². The molecule has 0 aromatic carbocycles. The first-order chi connectivity index (χ1) is 13.0. The smallest absolute Gasteiger partial charge is 0.335 e. The van der Waals surface area contributed by atoms with Gasteiger partial charge in [0.2, 0.25) is 0 Å². The van der Waals surface area contributed by atoms with Gasteiger partial charge in [0.15, 0.2) is 0 Å². The van der Waals surface area contributed by atoms with Crippen molar-refractivity contribution in [3.05, 3.63) is 24.3 Å². The number of carbonyl (C=O) groups excluding carboxylic acids is 2. The molecule has 0 saturated heterocycles. The molecule has 2 rings (SSSR count). The summed E-state index contributed by atoms with van der Waals surface area (Å²) in [5.74, 6) is 0.912. The highest BCUT2D eigenvalue weighted by molar-refractivity contribution is 5.88. The predicted molar refractivity (Wildman–Crippen MR) is 101 cm³/mol. The van der Waals surface area contributed by atoms with Gasteiger partial charge in [-0.2, -0.15) is 0 Å². The first-order valence-corrected chi connectivity index (χ1v) is 9.75. The zero-order valence-electron chi connectivity index (χ0n) is 16.3. The summed E-state index contributed by atoms with van der Waals surface area (Å²) in [6.07, 6.45) is 7.21. The summed E-state index contributed by atoms with van der Waals surface area (Å²) in [4.78, 5) is 23.8. The Labute approximate surface area is 161 Å². The fourth-order valence-electron chi connectivity index (χ4n) is 3.84. The molecule has 0 aliphatic heterocycles. The molecule has 1 N–H and O–H groups in total. The van der Waals surface area contributed by atoms with Crippen molar-refractivity contribution in [2.24, 2.45) is 23.7 Å². The van der Waals surface area contributed by atoms with Crippen molar-refractivity contribution in [3.8, 4) is 0 Å². The fraction of sp³-hybridized carbons (Fsp3) is 0.714. The third-order valence-corrected chi connectivity index (χ3v) is 5.72. The Morgan fingerprint density at radius 2 is 1.41 bits per heavy atom. The van der Waals surface area contributed by atoms with Crippen LogP contribution in [0.15, 0.2) is 24.3 Å². The van der Waals surface area contributed by atoms with Crippen molar-refractivity contribution in [2.45, 2.75) is 38.5 Å². The van der Waals surface area contributed by atoms with Gasteiger partial charge in [0.05, 0.1) is 37.6 Å². The lowest BCUT2D eigenvalue weighted by molar-refractivity contribution is -0.146. The van der Waals surface area contributed by atoms with E-state index in [9.17, 15) is 9.59 Å². The molecule has 0 amide bonds. The minimum absolute atomic E-state index is 0.0247. The van der Waals surface area contributed by atoms with E-state index >= 15 is 0 Å². The van der Waals surface area contributed by atoms with Crippen LogP contribution in [0.25, 0.3) is 0 Å². The van der Waals surface area contributed by atoms with Crippen LogP contribution in [0.5, 0.6) is 0 Å². The lowest BCUT2D eigenvalue weighted by atomic mass is 9.74. The molecule has 0 spiro atoms. The standard InChI is InChI=1S/C21H32O6/c1-14(10-22)20(23)26-12-19(13-27-21(24)15(2)11-25-3)18-8-6-17(7-9-18)16-4-5-16/h16-19,22H,1-2,4-13H2,3H3. The van der Waals surface area contributed by atoms with Gasteiger partial charge in [-0.1, -0.05) is 13.2 Å². The molecule has 152 valence electrons. The number of aliphatic hydroxyl groups excluding tert-OH is 1. The van der Waals surface area contributed by atoms with Crippen LogP contribution in [0.4, 0.5) is 0 Å². The van der Waals surface area contributed by atoms with Gasteiger partial charge in [-0.05, 0) is 56.3 Å². The van der Waals surface area contributed by atoms with Crippen LogP contribution in [-0.2, 0) is 23.8 Å². The average Bonchev–Trinajstić information content (AvgIpc) is 3.52. The van der Waals surface area contributed by atoms with Crippen LogP contribution in [0, 0.1) is 23.7 Å². The Kier molecular flexibility index (Phi) is 8.51. The van der Waals surface area contributed by atoms with Gasteiger partial charge in [-0.15, -0.1) is 0 Å². The molecule has 1 atom stereocenters. The minimum Gasteiger partial charge on any atom is -0.462 e. The summed E-state index contributed by atoms with van der Waals surface area (Å²) >= 11 is 0. The monoisotopic (exact) mass is 380 g/mol. The van der Waals surface area contributed by atoms with Crippen molar-refractivity contribution in [1.82, 2.24) is 0 Å². The van der Waals surface area contributed by atoms with Gasteiger partial charge in [0.1, 0.15) is 0 Å². The molecule has 0 radical (unpaired) electrons. The normalized spacial score (nSPS) is 23.3. The summed E-state index contributed by atoms with van der Waals surface area (Å²) in [5, 5.41) is 9.00.